The largest absolute Gasteiger partial charge is 0.385 e. The Bertz CT molecular complexity index is 436. The molecule has 3 nitrogen and oxygen atoms in total. The lowest BCUT2D eigenvalue weighted by Gasteiger charge is -2.52. The minimum absolute atomic E-state index is 1.07. The molecule has 0 radical (unpaired) electrons. The molecule has 114 valence electrons. The van der Waals surface area contributed by atoms with Crippen LogP contribution in [0.1, 0.15) is 27.7 Å². The summed E-state index contributed by atoms with van der Waals surface area (Å²) in [5.41, 5.74) is 0. The van der Waals surface area contributed by atoms with Gasteiger partial charge in [0.1, 0.15) is 5.82 Å². The Morgan fingerprint density at radius 2 is 1.70 bits per heavy atom. The van der Waals surface area contributed by atoms with Gasteiger partial charge in [-0.3, -0.25) is 0 Å². The van der Waals surface area contributed by atoms with Crippen molar-refractivity contribution in [3.05, 3.63) is 12.5 Å². The van der Waals surface area contributed by atoms with E-state index in [1.165, 1.54) is 42.2 Å². The fraction of sp³-hybridized carbons (Fsp3) is 0.800. The van der Waals surface area contributed by atoms with Crippen LogP contribution in [0.3, 0.4) is 0 Å². The van der Waals surface area contributed by atoms with Crippen molar-refractivity contribution < 1.29 is 0 Å². The smallest absolute Gasteiger partial charge is 0.157 e. The summed E-state index contributed by atoms with van der Waals surface area (Å²) in [4.78, 5) is 4.39. The molecular weight excluding hydrogens is 278 g/mol. The lowest BCUT2D eigenvalue weighted by Crippen LogP contribution is -2.65. The normalized spacial score (nSPS) is 21.1. The van der Waals surface area contributed by atoms with Gasteiger partial charge in [0.2, 0.25) is 0 Å². The van der Waals surface area contributed by atoms with Gasteiger partial charge in [0.05, 0.1) is 20.6 Å². The average molecular weight is 310 g/mol. The third kappa shape index (κ3) is 2.50. The molecule has 20 heavy (non-hydrogen) atoms. The lowest BCUT2D eigenvalue weighted by atomic mass is 10.7. The second kappa shape index (κ2) is 6.06. The monoisotopic (exact) mass is 309 g/mol. The van der Waals surface area contributed by atoms with Crippen LogP contribution >= 0.6 is 0 Å². The van der Waals surface area contributed by atoms with Crippen LogP contribution in [0.2, 0.25) is 36.3 Å². The van der Waals surface area contributed by atoms with E-state index in [4.69, 9.17) is 0 Å². The molecule has 0 aromatic carbocycles. The van der Waals surface area contributed by atoms with E-state index in [9.17, 15) is 0 Å². The summed E-state index contributed by atoms with van der Waals surface area (Å²) >= 11 is 0. The Labute approximate surface area is 126 Å². The van der Waals surface area contributed by atoms with Gasteiger partial charge in [-0.05, 0) is 18.1 Å². The second-order valence-corrected chi connectivity index (χ2v) is 16.7. The molecule has 1 aliphatic rings. The second-order valence-electron chi connectivity index (χ2n) is 6.59. The van der Waals surface area contributed by atoms with Crippen molar-refractivity contribution in [3.8, 4) is 0 Å². The minimum atomic E-state index is -1.31. The van der Waals surface area contributed by atoms with E-state index in [1.54, 1.807) is 6.04 Å². The number of aromatic nitrogens is 2. The number of hydrogen-bond acceptors (Lipinski definition) is 2. The zero-order valence-electron chi connectivity index (χ0n) is 13.9. The molecule has 0 unspecified atom stereocenters. The summed E-state index contributed by atoms with van der Waals surface area (Å²) in [5.74, 6) is 1.39. The molecule has 1 saturated heterocycles. The highest BCUT2D eigenvalue weighted by Gasteiger charge is 2.47. The third-order valence-electron chi connectivity index (χ3n) is 6.07. The summed E-state index contributed by atoms with van der Waals surface area (Å²) in [6.07, 6.45) is 5.45. The van der Waals surface area contributed by atoms with Gasteiger partial charge in [-0.2, -0.15) is 0 Å². The lowest BCUT2D eigenvalue weighted by molar-refractivity contribution is 0.861. The van der Waals surface area contributed by atoms with Gasteiger partial charge >= 0.3 is 0 Å². The van der Waals surface area contributed by atoms with E-state index >= 15 is 0 Å². The van der Waals surface area contributed by atoms with Crippen molar-refractivity contribution in [1.29, 1.82) is 0 Å². The van der Waals surface area contributed by atoms with E-state index in [-0.39, 0.29) is 0 Å². The maximum absolute atomic E-state index is 4.39. The number of anilines is 1. The fourth-order valence-corrected chi connectivity index (χ4v) is 15.9. The Hall–Kier alpha value is -0.556. The quantitative estimate of drug-likeness (QED) is 0.758. The van der Waals surface area contributed by atoms with Gasteiger partial charge in [0.15, 0.2) is 8.24 Å². The molecular formula is C15H31N3Si2. The van der Waals surface area contributed by atoms with Gasteiger partial charge in [0.25, 0.3) is 0 Å². The molecule has 2 heterocycles. The Morgan fingerprint density at radius 3 is 2.15 bits per heavy atom. The van der Waals surface area contributed by atoms with Crippen LogP contribution in [0, 0.1) is 0 Å². The van der Waals surface area contributed by atoms with Crippen LogP contribution in [-0.2, 0) is 7.05 Å². The SMILES string of the molecule is CC[Si]1(CC)CC[Si](CC)(CC)N(c2cncn2C)C1. The maximum atomic E-state index is 4.39. The molecule has 0 amide bonds. The van der Waals surface area contributed by atoms with Crippen LogP contribution in [-0.4, -0.2) is 32.0 Å². The Balaban J connectivity index is 2.41. The van der Waals surface area contributed by atoms with E-state index in [2.05, 4.69) is 55.1 Å². The van der Waals surface area contributed by atoms with Gasteiger partial charge < -0.3 is 9.13 Å². The molecule has 1 aliphatic heterocycles. The highest BCUT2D eigenvalue weighted by molar-refractivity contribution is 6.92. The molecule has 1 fully saturated rings. The molecule has 1 aromatic rings. The number of nitrogens with zero attached hydrogens (tertiary/aromatic N) is 3. The zero-order chi connectivity index (χ0) is 14.8. The first kappa shape index (κ1) is 15.8. The summed E-state index contributed by atoms with van der Waals surface area (Å²) in [6.45, 7) is 9.71. The van der Waals surface area contributed by atoms with E-state index in [0.29, 0.717) is 0 Å². The number of aryl methyl sites for hydroxylation is 1. The first-order chi connectivity index (χ1) is 9.56. The predicted molar refractivity (Wildman–Crippen MR) is 93.6 cm³/mol. The highest BCUT2D eigenvalue weighted by Crippen LogP contribution is 2.41. The summed E-state index contributed by atoms with van der Waals surface area (Å²) in [5, 5.41) is 0. The third-order valence-corrected chi connectivity index (χ3v) is 17.5. The zero-order valence-corrected chi connectivity index (χ0v) is 15.9. The van der Waals surface area contributed by atoms with Crippen LogP contribution < -0.4 is 4.57 Å². The van der Waals surface area contributed by atoms with Crippen molar-refractivity contribution in [1.82, 2.24) is 9.55 Å². The number of hydrogen-bond donors (Lipinski definition) is 0. The molecule has 1 aromatic heterocycles. The van der Waals surface area contributed by atoms with Crippen molar-refractivity contribution in [2.45, 2.75) is 64.0 Å². The Kier molecular flexibility index (Phi) is 4.79. The molecule has 0 aliphatic carbocycles. The van der Waals surface area contributed by atoms with Crippen LogP contribution in [0.25, 0.3) is 0 Å². The topological polar surface area (TPSA) is 21.1 Å². The number of imidazole rings is 1. The molecule has 2 rings (SSSR count). The molecule has 0 spiro atoms. The summed E-state index contributed by atoms with van der Waals surface area (Å²) in [7, 11) is -0.229. The molecule has 5 heteroatoms. The fourth-order valence-electron chi connectivity index (χ4n) is 3.96. The average Bonchev–Trinajstić information content (AvgIpc) is 2.92. The van der Waals surface area contributed by atoms with Crippen molar-refractivity contribution in [3.63, 3.8) is 0 Å². The van der Waals surface area contributed by atoms with Gasteiger partial charge in [0, 0.05) is 13.2 Å². The molecule has 0 saturated carbocycles. The molecule has 0 atom stereocenters. The molecule has 0 bridgehead atoms. The van der Waals surface area contributed by atoms with Crippen molar-refractivity contribution >= 4 is 22.1 Å². The number of rotatable bonds is 5. The molecule has 0 N–H and O–H groups in total. The van der Waals surface area contributed by atoms with Crippen LogP contribution in [0.5, 0.6) is 0 Å². The van der Waals surface area contributed by atoms with Crippen LogP contribution in [0.15, 0.2) is 12.5 Å². The van der Waals surface area contributed by atoms with Crippen LogP contribution in [0.4, 0.5) is 5.82 Å². The summed E-state index contributed by atoms with van der Waals surface area (Å²) in [6, 6.07) is 8.73. The van der Waals surface area contributed by atoms with Crippen molar-refractivity contribution in [2.24, 2.45) is 7.05 Å². The predicted octanol–water partition coefficient (Wildman–Crippen LogP) is 4.25. The van der Waals surface area contributed by atoms with E-state index in [1.807, 2.05) is 6.33 Å². The van der Waals surface area contributed by atoms with Gasteiger partial charge in [-0.25, -0.2) is 4.98 Å². The Morgan fingerprint density at radius 1 is 1.05 bits per heavy atom. The highest BCUT2D eigenvalue weighted by atomic mass is 28.3. The maximum Gasteiger partial charge on any atom is 0.157 e. The minimum Gasteiger partial charge on any atom is -0.385 e. The first-order valence-electron chi connectivity index (χ1n) is 8.30. The van der Waals surface area contributed by atoms with Gasteiger partial charge in [-0.1, -0.05) is 45.8 Å². The summed E-state index contributed by atoms with van der Waals surface area (Å²) < 4.78 is 5.12. The van der Waals surface area contributed by atoms with Crippen molar-refractivity contribution in [2.75, 3.05) is 10.7 Å². The standard InChI is InChI=1S/C15H31N3Si2/c1-6-19(7-2)10-11-20(8-3,9-4)18(14-19)15-12-16-13-17(15)5/h12-13H,6-11,14H2,1-5H3. The van der Waals surface area contributed by atoms with Gasteiger partial charge in [-0.15, -0.1) is 0 Å². The first-order valence-corrected chi connectivity index (χ1v) is 13.7. The van der Waals surface area contributed by atoms with E-state index < -0.39 is 16.3 Å². The van der Waals surface area contributed by atoms with E-state index in [0.717, 1.165) is 0 Å².